The Morgan fingerprint density at radius 3 is 2.94 bits per heavy atom. The molecule has 88 valence electrons. The van der Waals surface area contributed by atoms with Gasteiger partial charge < -0.3 is 5.11 Å². The van der Waals surface area contributed by atoms with Gasteiger partial charge in [0.25, 0.3) is 0 Å². The quantitative estimate of drug-likeness (QED) is 0.653. The summed E-state index contributed by atoms with van der Waals surface area (Å²) in [5.41, 5.74) is 0.597. The third kappa shape index (κ3) is 5.18. The van der Waals surface area contributed by atoms with E-state index >= 15 is 0 Å². The first-order valence-corrected chi connectivity index (χ1v) is 5.89. The molecule has 1 aromatic heterocycles. The fourth-order valence-corrected chi connectivity index (χ4v) is 1.52. The molecular weight excluding hydrogens is 238 g/mol. The highest BCUT2D eigenvalue weighted by molar-refractivity contribution is 8.13. The van der Waals surface area contributed by atoms with Crippen LogP contribution in [0.25, 0.3) is 0 Å². The number of hydrogen-bond donors (Lipinski definition) is 1. The lowest BCUT2D eigenvalue weighted by atomic mass is 10.2. The van der Waals surface area contributed by atoms with Crippen LogP contribution in [0.15, 0.2) is 18.3 Å². The maximum Gasteiger partial charge on any atom is 0.335 e. The summed E-state index contributed by atoms with van der Waals surface area (Å²) >= 11 is 1.22. The maximum absolute atomic E-state index is 10.7. The molecule has 0 atom stereocenters. The average molecular weight is 249 g/mol. The van der Waals surface area contributed by atoms with Crippen molar-refractivity contribution in [3.8, 4) is 11.8 Å². The number of carbonyl (C=O) groups is 2. The molecule has 17 heavy (non-hydrogen) atoms. The highest BCUT2D eigenvalue weighted by Gasteiger charge is 2.01. The fourth-order valence-electron chi connectivity index (χ4n) is 1.03. The van der Waals surface area contributed by atoms with Crippen LogP contribution in [0.1, 0.15) is 29.4 Å². The molecule has 0 unspecified atom stereocenters. The van der Waals surface area contributed by atoms with Crippen LogP contribution in [0, 0.1) is 11.8 Å². The first-order valence-electron chi connectivity index (χ1n) is 4.91. The van der Waals surface area contributed by atoms with E-state index < -0.39 is 5.97 Å². The van der Waals surface area contributed by atoms with Gasteiger partial charge in [0, 0.05) is 25.3 Å². The molecular formula is C12H11NO3S. The van der Waals surface area contributed by atoms with Gasteiger partial charge in [-0.3, -0.25) is 4.79 Å². The first-order chi connectivity index (χ1) is 8.09. The van der Waals surface area contributed by atoms with Crippen LogP contribution in [-0.2, 0) is 4.79 Å². The molecule has 0 aliphatic carbocycles. The fraction of sp³-hybridized carbons (Fsp3) is 0.250. The zero-order valence-corrected chi connectivity index (χ0v) is 10.1. The third-order valence-corrected chi connectivity index (χ3v) is 2.57. The number of carboxylic acid groups (broad SMARTS) is 1. The van der Waals surface area contributed by atoms with E-state index in [4.69, 9.17) is 5.11 Å². The van der Waals surface area contributed by atoms with Crippen molar-refractivity contribution in [3.63, 3.8) is 0 Å². The normalized spacial score (nSPS) is 9.24. The molecule has 0 aliphatic heterocycles. The summed E-state index contributed by atoms with van der Waals surface area (Å²) in [5, 5.41) is 8.83. The van der Waals surface area contributed by atoms with Crippen molar-refractivity contribution >= 4 is 22.8 Å². The molecule has 1 rings (SSSR count). The summed E-state index contributed by atoms with van der Waals surface area (Å²) < 4.78 is 0. The Labute approximate surface area is 103 Å². The van der Waals surface area contributed by atoms with Gasteiger partial charge >= 0.3 is 5.97 Å². The van der Waals surface area contributed by atoms with E-state index in [1.54, 1.807) is 0 Å². The van der Waals surface area contributed by atoms with E-state index in [9.17, 15) is 9.59 Å². The molecule has 0 bridgehead atoms. The smallest absolute Gasteiger partial charge is 0.335 e. The number of pyridine rings is 1. The number of carbonyl (C=O) groups excluding carboxylic acids is 1. The third-order valence-electron chi connectivity index (χ3n) is 1.76. The Balaban J connectivity index is 2.56. The van der Waals surface area contributed by atoms with Gasteiger partial charge in [-0.2, -0.15) is 0 Å². The Morgan fingerprint density at radius 1 is 1.53 bits per heavy atom. The van der Waals surface area contributed by atoms with Crippen molar-refractivity contribution in [1.29, 1.82) is 0 Å². The number of nitrogens with zero attached hydrogens (tertiary/aromatic N) is 1. The Morgan fingerprint density at radius 2 is 2.29 bits per heavy atom. The van der Waals surface area contributed by atoms with Crippen LogP contribution in [0.2, 0.25) is 0 Å². The monoisotopic (exact) mass is 249 g/mol. The molecule has 0 spiro atoms. The molecule has 0 aliphatic rings. The van der Waals surface area contributed by atoms with Crippen LogP contribution in [-0.4, -0.2) is 26.9 Å². The molecule has 1 N–H and O–H groups in total. The lowest BCUT2D eigenvalue weighted by Gasteiger charge is -1.93. The van der Waals surface area contributed by atoms with Crippen LogP contribution < -0.4 is 0 Å². The van der Waals surface area contributed by atoms with Gasteiger partial charge in [0.1, 0.15) is 5.69 Å². The van der Waals surface area contributed by atoms with Gasteiger partial charge in [-0.15, -0.1) is 0 Å². The van der Waals surface area contributed by atoms with E-state index in [2.05, 4.69) is 16.8 Å². The molecule has 4 nitrogen and oxygen atoms in total. The van der Waals surface area contributed by atoms with Gasteiger partial charge in [-0.25, -0.2) is 9.78 Å². The zero-order valence-electron chi connectivity index (χ0n) is 9.27. The summed E-state index contributed by atoms with van der Waals surface area (Å²) in [7, 11) is 0. The van der Waals surface area contributed by atoms with Crippen molar-refractivity contribution < 1.29 is 14.7 Å². The molecule has 5 heteroatoms. The second kappa shape index (κ2) is 6.71. The van der Waals surface area contributed by atoms with Crippen molar-refractivity contribution in [2.75, 3.05) is 5.75 Å². The van der Waals surface area contributed by atoms with Gasteiger partial charge in [0.05, 0.1) is 5.56 Å². The summed E-state index contributed by atoms with van der Waals surface area (Å²) in [6.45, 7) is 1.51. The second-order valence-electron chi connectivity index (χ2n) is 3.13. The number of aromatic nitrogens is 1. The molecule has 0 saturated carbocycles. The number of thioether (sulfide) groups is 1. The SMILES string of the molecule is CC(=O)SCCC#Cc1cc(C(=O)O)ccn1. The van der Waals surface area contributed by atoms with Gasteiger partial charge in [-0.1, -0.05) is 17.7 Å². The minimum absolute atomic E-state index is 0.0674. The summed E-state index contributed by atoms with van der Waals surface area (Å²) in [6.07, 6.45) is 1.99. The average Bonchev–Trinajstić information content (AvgIpc) is 2.28. The second-order valence-corrected chi connectivity index (χ2v) is 4.40. The molecule has 1 aromatic rings. The van der Waals surface area contributed by atoms with Crippen LogP contribution >= 0.6 is 11.8 Å². The van der Waals surface area contributed by atoms with Crippen LogP contribution in [0.3, 0.4) is 0 Å². The van der Waals surface area contributed by atoms with Gasteiger partial charge in [0.15, 0.2) is 5.12 Å². The van der Waals surface area contributed by atoms with Crippen molar-refractivity contribution in [2.24, 2.45) is 0 Å². The van der Waals surface area contributed by atoms with E-state index in [0.717, 1.165) is 0 Å². The van der Waals surface area contributed by atoms with E-state index in [1.807, 2.05) is 0 Å². The van der Waals surface area contributed by atoms with E-state index in [1.165, 1.54) is 37.0 Å². The standard InChI is InChI=1S/C12H11NO3S/c1-9(14)17-7-3-2-4-11-8-10(12(15)16)5-6-13-11/h5-6,8H,3,7H2,1H3,(H,15,16). The summed E-state index contributed by atoms with van der Waals surface area (Å²) in [4.78, 5) is 25.3. The number of aromatic carboxylic acids is 1. The van der Waals surface area contributed by atoms with Crippen LogP contribution in [0.4, 0.5) is 0 Å². The minimum atomic E-state index is -0.998. The highest BCUT2D eigenvalue weighted by Crippen LogP contribution is 2.03. The molecule has 0 radical (unpaired) electrons. The van der Waals surface area contributed by atoms with Crippen molar-refractivity contribution in [1.82, 2.24) is 4.98 Å². The highest BCUT2D eigenvalue weighted by atomic mass is 32.2. The minimum Gasteiger partial charge on any atom is -0.478 e. The van der Waals surface area contributed by atoms with Crippen LogP contribution in [0.5, 0.6) is 0 Å². The lowest BCUT2D eigenvalue weighted by Crippen LogP contribution is -1.97. The maximum atomic E-state index is 10.7. The molecule has 0 amide bonds. The largest absolute Gasteiger partial charge is 0.478 e. The predicted molar refractivity (Wildman–Crippen MR) is 65.8 cm³/mol. The number of carboxylic acids is 1. The summed E-state index contributed by atoms with van der Waals surface area (Å²) in [6, 6.07) is 2.84. The Bertz CT molecular complexity index is 488. The predicted octanol–water partition coefficient (Wildman–Crippen LogP) is 1.80. The van der Waals surface area contributed by atoms with E-state index in [-0.39, 0.29) is 10.7 Å². The first kappa shape index (κ1) is 13.3. The topological polar surface area (TPSA) is 67.3 Å². The Hall–Kier alpha value is -1.80. The molecule has 0 aromatic carbocycles. The van der Waals surface area contributed by atoms with Crippen molar-refractivity contribution in [3.05, 3.63) is 29.6 Å². The molecule has 0 fully saturated rings. The van der Waals surface area contributed by atoms with Gasteiger partial charge in [0.2, 0.25) is 0 Å². The zero-order chi connectivity index (χ0) is 12.7. The summed E-state index contributed by atoms with van der Waals surface area (Å²) in [5.74, 6) is 5.25. The number of hydrogen-bond acceptors (Lipinski definition) is 4. The Kier molecular flexibility index (Phi) is 5.24. The number of rotatable bonds is 3. The molecule has 1 heterocycles. The van der Waals surface area contributed by atoms with E-state index in [0.29, 0.717) is 17.9 Å². The van der Waals surface area contributed by atoms with Crippen molar-refractivity contribution in [2.45, 2.75) is 13.3 Å². The lowest BCUT2D eigenvalue weighted by molar-refractivity contribution is -0.109. The van der Waals surface area contributed by atoms with Gasteiger partial charge in [-0.05, 0) is 18.1 Å². The molecule has 0 saturated heterocycles.